The number of ether oxygens (including phenoxy) is 6. The van der Waals surface area contributed by atoms with Crippen molar-refractivity contribution in [2.24, 2.45) is 5.92 Å². The van der Waals surface area contributed by atoms with Gasteiger partial charge in [0, 0.05) is 12.0 Å². The van der Waals surface area contributed by atoms with Crippen LogP contribution in [0.25, 0.3) is 0 Å². The fraction of sp³-hybridized carbons (Fsp3) is 0.600. The summed E-state index contributed by atoms with van der Waals surface area (Å²) < 4.78 is 33.8. The van der Waals surface area contributed by atoms with Gasteiger partial charge >= 0.3 is 11.9 Å². The number of allylic oxidation sites excluding steroid dienone is 1. The van der Waals surface area contributed by atoms with Gasteiger partial charge in [-0.1, -0.05) is 30.4 Å². The maximum absolute atomic E-state index is 13.3. The van der Waals surface area contributed by atoms with E-state index in [-0.39, 0.29) is 24.4 Å². The van der Waals surface area contributed by atoms with Crippen LogP contribution in [0.15, 0.2) is 59.7 Å². The molecule has 1 aromatic carbocycles. The average Bonchev–Trinajstić information content (AvgIpc) is 3.38. The largest absolute Gasteiger partial charge is 0.462 e. The van der Waals surface area contributed by atoms with Crippen LogP contribution < -0.4 is 4.74 Å². The summed E-state index contributed by atoms with van der Waals surface area (Å²) in [6, 6.07) is 6.21. The molecule has 0 saturated carbocycles. The van der Waals surface area contributed by atoms with Crippen molar-refractivity contribution < 1.29 is 78.9 Å². The van der Waals surface area contributed by atoms with Gasteiger partial charge in [0.15, 0.2) is 6.29 Å². The number of benzene rings is 1. The van der Waals surface area contributed by atoms with Gasteiger partial charge in [0.1, 0.15) is 66.8 Å². The van der Waals surface area contributed by atoms with Crippen LogP contribution in [0.3, 0.4) is 0 Å². The Hall–Kier alpha value is -3.26. The number of carbonyl (C=O) groups is 2. The molecule has 3 aliphatic heterocycles. The van der Waals surface area contributed by atoms with Crippen LogP contribution in [0.4, 0.5) is 0 Å². The topological polar surface area (TPSA) is 251 Å². The summed E-state index contributed by atoms with van der Waals surface area (Å²) in [5.74, 6) is -1.75. The Morgan fingerprint density at radius 3 is 2.12 bits per heavy atom. The Labute approximate surface area is 293 Å². The Kier molecular flexibility index (Phi) is 13.0. The zero-order valence-corrected chi connectivity index (χ0v) is 28.0. The van der Waals surface area contributed by atoms with E-state index in [0.717, 1.165) is 5.57 Å². The molecule has 1 aliphatic carbocycles. The number of hydrogen-bond acceptors (Lipinski definition) is 16. The summed E-state index contributed by atoms with van der Waals surface area (Å²) in [5.41, 5.74) is 2.23. The number of fused-ring (bicyclic) bond motifs is 1. The number of carbonyl (C=O) groups excluding carboxylic acids is 2. The van der Waals surface area contributed by atoms with E-state index in [1.807, 2.05) is 13.0 Å². The zero-order valence-electron chi connectivity index (χ0n) is 28.0. The molecule has 282 valence electrons. The molecule has 3 fully saturated rings. The first-order valence-corrected chi connectivity index (χ1v) is 16.7. The first-order chi connectivity index (χ1) is 24.3. The molecule has 16 heteroatoms. The molecular weight excluding hydrogens is 676 g/mol. The molecule has 3 saturated heterocycles. The van der Waals surface area contributed by atoms with Crippen molar-refractivity contribution in [3.63, 3.8) is 0 Å². The van der Waals surface area contributed by atoms with E-state index >= 15 is 0 Å². The molecule has 1 aromatic rings. The summed E-state index contributed by atoms with van der Waals surface area (Å²) in [7, 11) is 0. The van der Waals surface area contributed by atoms with E-state index in [2.05, 4.69) is 6.58 Å². The predicted molar refractivity (Wildman–Crippen MR) is 172 cm³/mol. The van der Waals surface area contributed by atoms with Gasteiger partial charge < -0.3 is 69.3 Å². The van der Waals surface area contributed by atoms with Crippen LogP contribution in [0.1, 0.15) is 31.7 Å². The molecular formula is C35H46O16. The SMILES string of the molecule is C=C1C(=O)O[C@@H]2/C=C(\CO[C@@H]3O[C@H](CO)[C@@H](O)[C@H](O)[C@H]3O)CC/C=C(\C)C[C@H](OC(=O)Cc3ccc(O[C@@H]4O[C@H](CO)[C@@H](O)[C@H](O)[C@H]4O)cc3)[C@@H]12. The maximum atomic E-state index is 13.3. The van der Waals surface area contributed by atoms with E-state index in [0.29, 0.717) is 30.4 Å². The van der Waals surface area contributed by atoms with E-state index < -0.39 is 105 Å². The van der Waals surface area contributed by atoms with Gasteiger partial charge in [0.05, 0.1) is 32.2 Å². The van der Waals surface area contributed by atoms with Gasteiger partial charge in [-0.05, 0) is 49.1 Å². The minimum absolute atomic E-state index is 0.108. The van der Waals surface area contributed by atoms with Crippen molar-refractivity contribution in [1.82, 2.24) is 0 Å². The summed E-state index contributed by atoms with van der Waals surface area (Å²) in [5, 5.41) is 79.7. The number of esters is 2. The van der Waals surface area contributed by atoms with Crippen LogP contribution in [-0.4, -0.2) is 146 Å². The van der Waals surface area contributed by atoms with Gasteiger partial charge in [-0.25, -0.2) is 4.79 Å². The Morgan fingerprint density at radius 1 is 0.882 bits per heavy atom. The van der Waals surface area contributed by atoms with Crippen LogP contribution in [0.5, 0.6) is 5.75 Å². The Bertz CT molecular complexity index is 1440. The van der Waals surface area contributed by atoms with Gasteiger partial charge in [-0.3, -0.25) is 4.79 Å². The summed E-state index contributed by atoms with van der Waals surface area (Å²) in [6.45, 7) is 4.48. The molecule has 51 heavy (non-hydrogen) atoms. The quantitative estimate of drug-likeness (QED) is 0.0761. The summed E-state index contributed by atoms with van der Waals surface area (Å²) >= 11 is 0. The second-order valence-electron chi connectivity index (χ2n) is 13.2. The van der Waals surface area contributed by atoms with Gasteiger partial charge in [-0.2, -0.15) is 0 Å². The molecule has 13 atom stereocenters. The number of aliphatic hydroxyl groups is 8. The molecule has 0 aromatic heterocycles. The second-order valence-corrected chi connectivity index (χ2v) is 13.2. The molecule has 0 spiro atoms. The normalized spacial score (nSPS) is 39.5. The molecule has 0 unspecified atom stereocenters. The standard InChI is InChI=1S/C35H46O16/c1-16-4-3-5-19(15-46-34-31(43)29(41)27(39)23(13-36)50-34)11-22-26(17(2)33(45)49-22)21(10-16)48-25(38)12-18-6-8-20(9-7-18)47-35-32(44)30(42)28(40)24(14-37)51-35/h4,6-9,11,21-24,26-32,34-37,39-44H,2-3,5,10,12-15H2,1H3/b16-4+,19-11-/t21-,22+,23+,24+,26+,27+,28+,29-,30-,31+,32+,34+,35+/m0/s1. The average molecular weight is 723 g/mol. The lowest BCUT2D eigenvalue weighted by Crippen LogP contribution is -2.60. The highest BCUT2D eigenvalue weighted by atomic mass is 16.7. The highest BCUT2D eigenvalue weighted by Crippen LogP contribution is 2.37. The lowest BCUT2D eigenvalue weighted by atomic mass is 9.85. The molecule has 16 nitrogen and oxygen atoms in total. The molecule has 0 radical (unpaired) electrons. The molecule has 0 bridgehead atoms. The van der Waals surface area contributed by atoms with Gasteiger partial charge in [-0.15, -0.1) is 0 Å². The highest BCUT2D eigenvalue weighted by molar-refractivity contribution is 5.91. The molecule has 4 aliphatic rings. The molecule has 8 N–H and O–H groups in total. The van der Waals surface area contributed by atoms with Crippen LogP contribution in [-0.2, 0) is 39.7 Å². The number of rotatable bonds is 10. The van der Waals surface area contributed by atoms with Gasteiger partial charge in [0.25, 0.3) is 0 Å². The first kappa shape index (κ1) is 39.0. The third kappa shape index (κ3) is 9.04. The van der Waals surface area contributed by atoms with E-state index in [1.165, 1.54) is 12.1 Å². The van der Waals surface area contributed by atoms with Gasteiger partial charge in [0.2, 0.25) is 6.29 Å². The van der Waals surface area contributed by atoms with Crippen molar-refractivity contribution in [1.29, 1.82) is 0 Å². The Balaban J connectivity index is 1.25. The van der Waals surface area contributed by atoms with Crippen LogP contribution >= 0.6 is 0 Å². The fourth-order valence-electron chi connectivity index (χ4n) is 6.52. The van der Waals surface area contributed by atoms with Crippen molar-refractivity contribution in [3.8, 4) is 5.75 Å². The van der Waals surface area contributed by atoms with Crippen LogP contribution in [0, 0.1) is 5.92 Å². The Morgan fingerprint density at radius 2 is 1.49 bits per heavy atom. The van der Waals surface area contributed by atoms with Crippen molar-refractivity contribution >= 4 is 11.9 Å². The number of hydrogen-bond donors (Lipinski definition) is 8. The van der Waals surface area contributed by atoms with E-state index in [9.17, 15) is 50.4 Å². The minimum atomic E-state index is -1.61. The van der Waals surface area contributed by atoms with Crippen LogP contribution in [0.2, 0.25) is 0 Å². The molecule has 5 rings (SSSR count). The van der Waals surface area contributed by atoms with E-state index in [4.69, 9.17) is 28.4 Å². The number of aliphatic hydroxyl groups excluding tert-OH is 8. The van der Waals surface area contributed by atoms with Crippen molar-refractivity contribution in [2.75, 3.05) is 19.8 Å². The molecule has 3 heterocycles. The summed E-state index contributed by atoms with van der Waals surface area (Å²) in [4.78, 5) is 26.0. The fourth-order valence-corrected chi connectivity index (χ4v) is 6.52. The minimum Gasteiger partial charge on any atom is -0.462 e. The van der Waals surface area contributed by atoms with Crippen molar-refractivity contribution in [2.45, 2.75) is 106 Å². The zero-order chi connectivity index (χ0) is 37.0. The monoisotopic (exact) mass is 722 g/mol. The lowest BCUT2D eigenvalue weighted by Gasteiger charge is -2.39. The highest BCUT2D eigenvalue weighted by Gasteiger charge is 2.47. The third-order valence-electron chi connectivity index (χ3n) is 9.48. The van der Waals surface area contributed by atoms with Crippen molar-refractivity contribution in [3.05, 3.63) is 65.3 Å². The maximum Gasteiger partial charge on any atom is 0.334 e. The van der Waals surface area contributed by atoms with E-state index in [1.54, 1.807) is 18.2 Å². The third-order valence-corrected chi connectivity index (χ3v) is 9.48. The summed E-state index contributed by atoms with van der Waals surface area (Å²) in [6.07, 6.45) is -11.3. The molecule has 0 amide bonds. The first-order valence-electron chi connectivity index (χ1n) is 16.7. The predicted octanol–water partition coefficient (Wildman–Crippen LogP) is -1.71. The second kappa shape index (κ2) is 17.0. The smallest absolute Gasteiger partial charge is 0.334 e. The lowest BCUT2D eigenvalue weighted by molar-refractivity contribution is -0.299.